The van der Waals surface area contributed by atoms with Gasteiger partial charge in [0.05, 0.1) is 10.5 Å². The van der Waals surface area contributed by atoms with E-state index in [-0.39, 0.29) is 17.8 Å². The number of nitrogens with one attached hydrogen (secondary N) is 2. The number of nitrogens with zero attached hydrogens (tertiary/aromatic N) is 4. The molecule has 0 aliphatic carbocycles. The fourth-order valence-corrected chi connectivity index (χ4v) is 2.49. The molecular weight excluding hydrogens is 336 g/mol. The van der Waals surface area contributed by atoms with E-state index in [0.717, 1.165) is 5.56 Å². The molecule has 0 spiro atoms. The molecule has 0 aliphatic rings. The van der Waals surface area contributed by atoms with Crippen LogP contribution in [0.2, 0.25) is 0 Å². The van der Waals surface area contributed by atoms with E-state index in [1.54, 1.807) is 42.5 Å². The fraction of sp³-hybridized carbons (Fsp3) is 0.118. The van der Waals surface area contributed by atoms with Gasteiger partial charge in [-0.15, -0.1) is 0 Å². The zero-order valence-electron chi connectivity index (χ0n) is 13.9. The van der Waals surface area contributed by atoms with Gasteiger partial charge in [0.15, 0.2) is 5.82 Å². The van der Waals surface area contributed by atoms with Gasteiger partial charge >= 0.3 is 0 Å². The van der Waals surface area contributed by atoms with Crippen LogP contribution in [0.15, 0.2) is 55.0 Å². The summed E-state index contributed by atoms with van der Waals surface area (Å²) in [7, 11) is 1.65. The predicted molar refractivity (Wildman–Crippen MR) is 95.2 cm³/mol. The van der Waals surface area contributed by atoms with Gasteiger partial charge < -0.3 is 10.6 Å². The molecule has 0 aliphatic heterocycles. The molecule has 0 bridgehead atoms. The molecule has 9 heteroatoms. The summed E-state index contributed by atoms with van der Waals surface area (Å²) in [4.78, 5) is 27.3. The van der Waals surface area contributed by atoms with E-state index < -0.39 is 10.8 Å². The third-order valence-corrected chi connectivity index (χ3v) is 3.76. The minimum absolute atomic E-state index is 0.146. The maximum atomic E-state index is 12.6. The number of nitro benzene ring substituents is 1. The predicted octanol–water partition coefficient (Wildman–Crippen LogP) is 2.15. The minimum Gasteiger partial charge on any atom is -0.387 e. The summed E-state index contributed by atoms with van der Waals surface area (Å²) in [5.41, 5.74) is 1.33. The number of pyridine rings is 1. The third kappa shape index (κ3) is 3.51. The molecule has 2 N–H and O–H groups in total. The SMILES string of the molecule is CNc1ccc([N+](=O)[O-])cc1C(=O)NCc1cccnc1-n1cccn1. The van der Waals surface area contributed by atoms with Gasteiger partial charge in [-0.1, -0.05) is 6.07 Å². The summed E-state index contributed by atoms with van der Waals surface area (Å²) in [6.45, 7) is 0.202. The molecule has 26 heavy (non-hydrogen) atoms. The van der Waals surface area contributed by atoms with Crippen LogP contribution in [0, 0.1) is 10.1 Å². The van der Waals surface area contributed by atoms with Crippen LogP contribution in [0.25, 0.3) is 5.82 Å². The van der Waals surface area contributed by atoms with Gasteiger partial charge in [-0.05, 0) is 18.2 Å². The van der Waals surface area contributed by atoms with Crippen LogP contribution in [0.4, 0.5) is 11.4 Å². The van der Waals surface area contributed by atoms with E-state index >= 15 is 0 Å². The Kier molecular flexibility index (Phi) is 4.88. The standard InChI is InChI=1S/C17H16N6O3/c1-18-15-6-5-13(23(25)26)10-14(15)17(24)20-11-12-4-2-7-19-16(12)22-9-3-8-21-22/h2-10,18H,11H2,1H3,(H,20,24). The molecule has 0 saturated heterocycles. The largest absolute Gasteiger partial charge is 0.387 e. The number of benzene rings is 1. The average Bonchev–Trinajstić information content (AvgIpc) is 3.20. The number of amides is 1. The smallest absolute Gasteiger partial charge is 0.270 e. The molecule has 0 atom stereocenters. The van der Waals surface area contributed by atoms with Crippen LogP contribution in [-0.2, 0) is 6.54 Å². The molecule has 0 saturated carbocycles. The van der Waals surface area contributed by atoms with Crippen LogP contribution >= 0.6 is 0 Å². The van der Waals surface area contributed by atoms with E-state index in [1.807, 2.05) is 6.07 Å². The molecule has 3 aromatic rings. The first-order valence-corrected chi connectivity index (χ1v) is 7.78. The van der Waals surface area contributed by atoms with Crippen molar-refractivity contribution in [1.82, 2.24) is 20.1 Å². The lowest BCUT2D eigenvalue weighted by atomic mass is 10.1. The van der Waals surface area contributed by atoms with E-state index in [4.69, 9.17) is 0 Å². The molecule has 0 radical (unpaired) electrons. The van der Waals surface area contributed by atoms with Crippen molar-refractivity contribution in [3.05, 3.63) is 76.2 Å². The van der Waals surface area contributed by atoms with Gasteiger partial charge in [0.1, 0.15) is 0 Å². The first kappa shape index (κ1) is 17.1. The molecule has 0 fully saturated rings. The molecule has 3 rings (SSSR count). The van der Waals surface area contributed by atoms with Gasteiger partial charge in [0.2, 0.25) is 0 Å². The second-order valence-corrected chi connectivity index (χ2v) is 5.36. The first-order chi connectivity index (χ1) is 12.6. The van der Waals surface area contributed by atoms with Gasteiger partial charge in [0, 0.05) is 55.6 Å². The summed E-state index contributed by atoms with van der Waals surface area (Å²) >= 11 is 0. The van der Waals surface area contributed by atoms with Gasteiger partial charge in [-0.2, -0.15) is 5.10 Å². The highest BCUT2D eigenvalue weighted by Crippen LogP contribution is 2.22. The van der Waals surface area contributed by atoms with Crippen LogP contribution in [0.5, 0.6) is 0 Å². The maximum absolute atomic E-state index is 12.6. The maximum Gasteiger partial charge on any atom is 0.270 e. The Morgan fingerprint density at radius 1 is 1.27 bits per heavy atom. The van der Waals surface area contributed by atoms with Crippen molar-refractivity contribution < 1.29 is 9.72 Å². The van der Waals surface area contributed by atoms with Gasteiger partial charge in [-0.25, -0.2) is 9.67 Å². The lowest BCUT2D eigenvalue weighted by molar-refractivity contribution is -0.384. The normalized spacial score (nSPS) is 10.3. The van der Waals surface area contributed by atoms with Crippen molar-refractivity contribution in [3.63, 3.8) is 0 Å². The third-order valence-electron chi connectivity index (χ3n) is 3.76. The summed E-state index contributed by atoms with van der Waals surface area (Å²) in [5.74, 6) is 0.180. The molecule has 2 aromatic heterocycles. The van der Waals surface area contributed by atoms with Crippen LogP contribution in [0.1, 0.15) is 15.9 Å². The Morgan fingerprint density at radius 3 is 2.81 bits per heavy atom. The lowest BCUT2D eigenvalue weighted by Gasteiger charge is -2.12. The van der Waals surface area contributed by atoms with Crippen molar-refractivity contribution >= 4 is 17.3 Å². The fourth-order valence-electron chi connectivity index (χ4n) is 2.49. The molecule has 1 aromatic carbocycles. The second-order valence-electron chi connectivity index (χ2n) is 5.36. The number of non-ortho nitro benzene ring substituents is 1. The quantitative estimate of drug-likeness (QED) is 0.519. The summed E-state index contributed by atoms with van der Waals surface area (Å²) < 4.78 is 1.61. The van der Waals surface area contributed by atoms with Crippen LogP contribution in [0.3, 0.4) is 0 Å². The van der Waals surface area contributed by atoms with Crippen LogP contribution in [-0.4, -0.2) is 32.6 Å². The van der Waals surface area contributed by atoms with E-state index in [1.165, 1.54) is 18.2 Å². The highest BCUT2D eigenvalue weighted by Gasteiger charge is 2.17. The second kappa shape index (κ2) is 7.43. The molecule has 2 heterocycles. The van der Waals surface area contributed by atoms with E-state index in [9.17, 15) is 14.9 Å². The minimum atomic E-state index is -0.535. The summed E-state index contributed by atoms with van der Waals surface area (Å²) in [6.07, 6.45) is 5.04. The van der Waals surface area contributed by atoms with Gasteiger partial charge in [0.25, 0.3) is 11.6 Å². The van der Waals surface area contributed by atoms with Crippen molar-refractivity contribution in [1.29, 1.82) is 0 Å². The molecule has 0 unspecified atom stereocenters. The highest BCUT2D eigenvalue weighted by atomic mass is 16.6. The van der Waals surface area contributed by atoms with Gasteiger partial charge in [-0.3, -0.25) is 14.9 Å². The Balaban J connectivity index is 1.82. The van der Waals surface area contributed by atoms with Crippen molar-refractivity contribution in [2.24, 2.45) is 0 Å². The zero-order chi connectivity index (χ0) is 18.5. The lowest BCUT2D eigenvalue weighted by Crippen LogP contribution is -2.24. The monoisotopic (exact) mass is 352 g/mol. The number of aromatic nitrogens is 3. The molecule has 1 amide bonds. The average molecular weight is 352 g/mol. The molecular formula is C17H16N6O3. The zero-order valence-corrected chi connectivity index (χ0v) is 13.9. The topological polar surface area (TPSA) is 115 Å². The Labute approximate surface area is 148 Å². The number of nitro groups is 1. The summed E-state index contributed by atoms with van der Waals surface area (Å²) in [5, 5.41) is 20.8. The summed E-state index contributed by atoms with van der Waals surface area (Å²) in [6, 6.07) is 9.47. The number of hydrogen-bond acceptors (Lipinski definition) is 6. The first-order valence-electron chi connectivity index (χ1n) is 7.78. The highest BCUT2D eigenvalue weighted by molar-refractivity contribution is 6.00. The Hall–Kier alpha value is -3.75. The number of carbonyl (C=O) groups is 1. The number of rotatable bonds is 6. The Bertz CT molecular complexity index is 939. The van der Waals surface area contributed by atoms with Crippen molar-refractivity contribution in [3.8, 4) is 5.82 Å². The number of hydrogen-bond donors (Lipinski definition) is 2. The van der Waals surface area contributed by atoms with E-state index in [0.29, 0.717) is 11.5 Å². The van der Waals surface area contributed by atoms with Crippen LogP contribution < -0.4 is 10.6 Å². The van der Waals surface area contributed by atoms with Crippen molar-refractivity contribution in [2.45, 2.75) is 6.54 Å². The number of anilines is 1. The molecule has 9 nitrogen and oxygen atoms in total. The Morgan fingerprint density at radius 2 is 2.12 bits per heavy atom. The van der Waals surface area contributed by atoms with Crippen molar-refractivity contribution in [2.75, 3.05) is 12.4 Å². The van der Waals surface area contributed by atoms with E-state index in [2.05, 4.69) is 20.7 Å². The number of carbonyl (C=O) groups excluding carboxylic acids is 1. The molecule has 132 valence electrons.